The summed E-state index contributed by atoms with van der Waals surface area (Å²) in [6.45, 7) is 5.62. The van der Waals surface area contributed by atoms with Crippen LogP contribution >= 0.6 is 0 Å². The number of hydrogen-bond acceptors (Lipinski definition) is 2. The molecule has 2 fully saturated rings. The highest BCUT2D eigenvalue weighted by Crippen LogP contribution is 2.21. The van der Waals surface area contributed by atoms with Gasteiger partial charge in [-0.2, -0.15) is 0 Å². The Morgan fingerprint density at radius 1 is 1.18 bits per heavy atom. The Bertz CT molecular complexity index is 261. The maximum absolute atomic E-state index is 12.4. The summed E-state index contributed by atoms with van der Waals surface area (Å²) in [5.41, 5.74) is 5.77. The van der Waals surface area contributed by atoms with Crippen LogP contribution in [0.2, 0.25) is 0 Å². The van der Waals surface area contributed by atoms with E-state index in [1.807, 2.05) is 9.80 Å². The summed E-state index contributed by atoms with van der Waals surface area (Å²) < 4.78 is 0. The first-order valence-electron chi connectivity index (χ1n) is 6.98. The van der Waals surface area contributed by atoms with Crippen LogP contribution < -0.4 is 5.73 Å². The SMILES string of the molecule is CC1CCN(C(=O)N2CCCCC2CN)CC1. The van der Waals surface area contributed by atoms with Crippen molar-refractivity contribution in [3.63, 3.8) is 0 Å². The van der Waals surface area contributed by atoms with Gasteiger partial charge >= 0.3 is 6.03 Å². The average molecular weight is 239 g/mol. The van der Waals surface area contributed by atoms with Crippen molar-refractivity contribution in [1.29, 1.82) is 0 Å². The van der Waals surface area contributed by atoms with Crippen molar-refractivity contribution in [2.24, 2.45) is 11.7 Å². The Kier molecular flexibility index (Phi) is 4.26. The predicted octanol–water partition coefficient (Wildman–Crippen LogP) is 1.65. The average Bonchev–Trinajstić information content (AvgIpc) is 2.39. The molecule has 0 saturated carbocycles. The molecule has 98 valence electrons. The summed E-state index contributed by atoms with van der Waals surface area (Å²) in [6.07, 6.45) is 5.71. The molecule has 2 aliphatic rings. The molecule has 4 nitrogen and oxygen atoms in total. The van der Waals surface area contributed by atoms with Crippen LogP contribution in [0.4, 0.5) is 4.79 Å². The molecule has 0 aromatic carbocycles. The Hall–Kier alpha value is -0.770. The molecule has 0 aliphatic carbocycles. The normalized spacial score (nSPS) is 27.3. The summed E-state index contributed by atoms with van der Waals surface area (Å²) in [7, 11) is 0. The van der Waals surface area contributed by atoms with E-state index in [-0.39, 0.29) is 12.1 Å². The molecule has 4 heteroatoms. The molecule has 2 N–H and O–H groups in total. The number of piperidine rings is 2. The van der Waals surface area contributed by atoms with Crippen molar-refractivity contribution < 1.29 is 4.79 Å². The Morgan fingerprint density at radius 2 is 1.88 bits per heavy atom. The summed E-state index contributed by atoms with van der Waals surface area (Å²) in [6, 6.07) is 0.502. The van der Waals surface area contributed by atoms with Gasteiger partial charge in [0.2, 0.25) is 0 Å². The van der Waals surface area contributed by atoms with E-state index in [0.717, 1.165) is 51.2 Å². The molecule has 1 unspecified atom stereocenters. The van der Waals surface area contributed by atoms with Crippen molar-refractivity contribution in [1.82, 2.24) is 9.80 Å². The van der Waals surface area contributed by atoms with Gasteiger partial charge in [-0.05, 0) is 38.0 Å². The topological polar surface area (TPSA) is 49.6 Å². The summed E-state index contributed by atoms with van der Waals surface area (Å²) in [5.74, 6) is 0.769. The minimum absolute atomic E-state index is 0.229. The molecular formula is C13H25N3O. The van der Waals surface area contributed by atoms with Crippen LogP contribution in [0.25, 0.3) is 0 Å². The molecule has 1 atom stereocenters. The first-order chi connectivity index (χ1) is 8.22. The number of hydrogen-bond donors (Lipinski definition) is 1. The van der Waals surface area contributed by atoms with Crippen molar-refractivity contribution in [2.45, 2.75) is 45.1 Å². The molecule has 0 spiro atoms. The van der Waals surface area contributed by atoms with Gasteiger partial charge in [-0.1, -0.05) is 6.92 Å². The number of urea groups is 1. The Balaban J connectivity index is 1.93. The van der Waals surface area contributed by atoms with Crippen molar-refractivity contribution in [3.8, 4) is 0 Å². The number of rotatable bonds is 1. The first kappa shape index (κ1) is 12.7. The fraction of sp³-hybridized carbons (Fsp3) is 0.923. The first-order valence-corrected chi connectivity index (χ1v) is 6.98. The lowest BCUT2D eigenvalue weighted by molar-refractivity contribution is 0.105. The van der Waals surface area contributed by atoms with Gasteiger partial charge in [0.15, 0.2) is 0 Å². The molecule has 2 aliphatic heterocycles. The van der Waals surface area contributed by atoms with E-state index < -0.39 is 0 Å². The molecule has 2 rings (SSSR count). The molecule has 0 aromatic heterocycles. The van der Waals surface area contributed by atoms with E-state index in [9.17, 15) is 4.79 Å². The number of amides is 2. The van der Waals surface area contributed by atoms with Crippen LogP contribution in [0.5, 0.6) is 0 Å². The zero-order chi connectivity index (χ0) is 12.3. The molecule has 0 bridgehead atoms. The minimum Gasteiger partial charge on any atom is -0.328 e. The third kappa shape index (κ3) is 2.92. The monoisotopic (exact) mass is 239 g/mol. The quantitative estimate of drug-likeness (QED) is 0.756. The maximum Gasteiger partial charge on any atom is 0.320 e. The van der Waals surface area contributed by atoms with E-state index in [2.05, 4.69) is 6.92 Å². The van der Waals surface area contributed by atoms with Gasteiger partial charge in [-0.3, -0.25) is 0 Å². The van der Waals surface area contributed by atoms with Crippen LogP contribution in [0.3, 0.4) is 0 Å². The maximum atomic E-state index is 12.4. The van der Waals surface area contributed by atoms with Crippen LogP contribution in [0, 0.1) is 5.92 Å². The Labute approximate surface area is 104 Å². The molecule has 17 heavy (non-hydrogen) atoms. The van der Waals surface area contributed by atoms with Gasteiger partial charge in [0.1, 0.15) is 0 Å². The van der Waals surface area contributed by atoms with Gasteiger partial charge in [-0.15, -0.1) is 0 Å². The van der Waals surface area contributed by atoms with E-state index in [0.29, 0.717) is 6.54 Å². The van der Waals surface area contributed by atoms with Crippen molar-refractivity contribution in [2.75, 3.05) is 26.2 Å². The van der Waals surface area contributed by atoms with Gasteiger partial charge in [0, 0.05) is 32.2 Å². The third-order valence-electron chi connectivity index (χ3n) is 4.20. The minimum atomic E-state index is 0.229. The van der Waals surface area contributed by atoms with Crippen LogP contribution in [-0.4, -0.2) is 48.1 Å². The number of carbonyl (C=O) groups excluding carboxylic acids is 1. The lowest BCUT2D eigenvalue weighted by Crippen LogP contribution is -2.54. The second kappa shape index (κ2) is 5.71. The second-order valence-corrected chi connectivity index (χ2v) is 5.53. The molecule has 2 saturated heterocycles. The fourth-order valence-electron chi connectivity index (χ4n) is 2.88. The third-order valence-corrected chi connectivity index (χ3v) is 4.20. The van der Waals surface area contributed by atoms with Crippen LogP contribution in [0.1, 0.15) is 39.0 Å². The van der Waals surface area contributed by atoms with Gasteiger partial charge in [0.05, 0.1) is 0 Å². The molecule has 2 heterocycles. The highest BCUT2D eigenvalue weighted by molar-refractivity contribution is 5.75. The summed E-state index contributed by atoms with van der Waals surface area (Å²) >= 11 is 0. The zero-order valence-corrected chi connectivity index (χ0v) is 10.9. The zero-order valence-electron chi connectivity index (χ0n) is 10.9. The number of likely N-dealkylation sites (tertiary alicyclic amines) is 2. The Morgan fingerprint density at radius 3 is 2.53 bits per heavy atom. The van der Waals surface area contributed by atoms with E-state index in [1.165, 1.54) is 6.42 Å². The highest BCUT2D eigenvalue weighted by Gasteiger charge is 2.30. The van der Waals surface area contributed by atoms with Gasteiger partial charge < -0.3 is 15.5 Å². The van der Waals surface area contributed by atoms with Crippen molar-refractivity contribution >= 4 is 6.03 Å². The summed E-state index contributed by atoms with van der Waals surface area (Å²) in [4.78, 5) is 16.5. The van der Waals surface area contributed by atoms with E-state index in [4.69, 9.17) is 5.73 Å². The van der Waals surface area contributed by atoms with E-state index >= 15 is 0 Å². The number of carbonyl (C=O) groups is 1. The van der Waals surface area contributed by atoms with Crippen molar-refractivity contribution in [3.05, 3.63) is 0 Å². The largest absolute Gasteiger partial charge is 0.328 e. The second-order valence-electron chi connectivity index (χ2n) is 5.53. The number of nitrogens with zero attached hydrogens (tertiary/aromatic N) is 2. The van der Waals surface area contributed by atoms with Crippen LogP contribution in [-0.2, 0) is 0 Å². The lowest BCUT2D eigenvalue weighted by atomic mass is 9.99. The highest BCUT2D eigenvalue weighted by atomic mass is 16.2. The van der Waals surface area contributed by atoms with Gasteiger partial charge in [0.25, 0.3) is 0 Å². The van der Waals surface area contributed by atoms with Crippen LogP contribution in [0.15, 0.2) is 0 Å². The molecule has 0 aromatic rings. The standard InChI is InChI=1S/C13H25N3O/c1-11-5-8-15(9-6-11)13(17)16-7-3-2-4-12(16)10-14/h11-12H,2-10,14H2,1H3. The smallest absolute Gasteiger partial charge is 0.320 e. The fourth-order valence-corrected chi connectivity index (χ4v) is 2.88. The van der Waals surface area contributed by atoms with Gasteiger partial charge in [-0.25, -0.2) is 4.79 Å². The molecule has 2 amide bonds. The predicted molar refractivity (Wildman–Crippen MR) is 68.8 cm³/mol. The summed E-state index contributed by atoms with van der Waals surface area (Å²) in [5, 5.41) is 0. The molecule has 0 radical (unpaired) electrons. The van der Waals surface area contributed by atoms with E-state index in [1.54, 1.807) is 0 Å². The number of nitrogens with two attached hydrogens (primary N) is 1. The lowest BCUT2D eigenvalue weighted by Gasteiger charge is -2.40. The molecular weight excluding hydrogens is 214 g/mol.